The van der Waals surface area contributed by atoms with Gasteiger partial charge in [-0.15, -0.1) is 0 Å². The van der Waals surface area contributed by atoms with Crippen LogP contribution in [0.3, 0.4) is 0 Å². The summed E-state index contributed by atoms with van der Waals surface area (Å²) in [5.41, 5.74) is 0. The topological polar surface area (TPSA) is 79.5 Å². The molecule has 5 nitrogen and oxygen atoms in total. The number of amides is 1. The van der Waals surface area contributed by atoms with Gasteiger partial charge in [-0.05, 0) is 19.1 Å². The molecule has 0 bridgehead atoms. The molecule has 0 saturated heterocycles. The molecule has 0 saturated carbocycles. The quantitative estimate of drug-likeness (QED) is 0.785. The van der Waals surface area contributed by atoms with Crippen molar-refractivity contribution in [1.29, 1.82) is 0 Å². The summed E-state index contributed by atoms with van der Waals surface area (Å²) < 4.78 is 5.27. The van der Waals surface area contributed by atoms with Crippen LogP contribution in [0, 0.1) is 6.92 Å². The fourth-order valence-electron chi connectivity index (χ4n) is 1.28. The lowest BCUT2D eigenvalue weighted by atomic mass is 10.1. The van der Waals surface area contributed by atoms with E-state index in [9.17, 15) is 9.59 Å². The third kappa shape index (κ3) is 3.46. The molecular formula is C10H13NO4. The molecule has 0 aliphatic carbocycles. The van der Waals surface area contributed by atoms with E-state index in [0.29, 0.717) is 11.5 Å². The first-order valence-electron chi connectivity index (χ1n) is 4.54. The van der Waals surface area contributed by atoms with Crippen molar-refractivity contribution < 1.29 is 19.1 Å². The van der Waals surface area contributed by atoms with Crippen molar-refractivity contribution in [3.05, 3.63) is 23.7 Å². The number of rotatable bonds is 4. The third-order valence-electron chi connectivity index (χ3n) is 1.86. The highest BCUT2D eigenvalue weighted by Gasteiger charge is 2.19. The second-order valence-corrected chi connectivity index (χ2v) is 3.30. The lowest BCUT2D eigenvalue weighted by Crippen LogP contribution is -2.27. The number of carbonyl (C=O) groups excluding carboxylic acids is 1. The van der Waals surface area contributed by atoms with Crippen LogP contribution in [0.5, 0.6) is 0 Å². The summed E-state index contributed by atoms with van der Waals surface area (Å²) in [7, 11) is 0. The van der Waals surface area contributed by atoms with E-state index in [1.54, 1.807) is 19.1 Å². The van der Waals surface area contributed by atoms with E-state index in [0.717, 1.165) is 0 Å². The van der Waals surface area contributed by atoms with E-state index >= 15 is 0 Å². The van der Waals surface area contributed by atoms with Crippen LogP contribution in [0.4, 0.5) is 0 Å². The van der Waals surface area contributed by atoms with E-state index in [1.165, 1.54) is 6.92 Å². The average molecular weight is 211 g/mol. The highest BCUT2D eigenvalue weighted by molar-refractivity contribution is 5.75. The monoisotopic (exact) mass is 211 g/mol. The van der Waals surface area contributed by atoms with Gasteiger partial charge in [-0.25, -0.2) is 0 Å². The van der Waals surface area contributed by atoms with Gasteiger partial charge in [0.2, 0.25) is 5.91 Å². The van der Waals surface area contributed by atoms with Crippen LogP contribution in [0.25, 0.3) is 0 Å². The molecule has 1 aromatic heterocycles. The van der Waals surface area contributed by atoms with Crippen molar-refractivity contribution in [2.45, 2.75) is 26.3 Å². The lowest BCUT2D eigenvalue weighted by Gasteiger charge is -2.12. The molecule has 1 amide bonds. The van der Waals surface area contributed by atoms with Crippen LogP contribution in [0.2, 0.25) is 0 Å². The molecule has 1 rings (SSSR count). The highest BCUT2D eigenvalue weighted by Crippen LogP contribution is 2.19. The first kappa shape index (κ1) is 11.3. The van der Waals surface area contributed by atoms with Gasteiger partial charge in [-0.3, -0.25) is 9.59 Å². The minimum absolute atomic E-state index is 0.188. The zero-order valence-electron chi connectivity index (χ0n) is 8.61. The zero-order chi connectivity index (χ0) is 11.4. The fourth-order valence-corrected chi connectivity index (χ4v) is 1.28. The molecular weight excluding hydrogens is 198 g/mol. The Bertz CT molecular complexity index is 353. The SMILES string of the molecule is CC(=O)N[C@H](CC(=O)O)c1ccc(C)o1. The number of aliphatic carboxylic acids is 1. The van der Waals surface area contributed by atoms with Gasteiger partial charge in [0.25, 0.3) is 0 Å². The third-order valence-corrected chi connectivity index (χ3v) is 1.86. The van der Waals surface area contributed by atoms with Crippen LogP contribution < -0.4 is 5.32 Å². The van der Waals surface area contributed by atoms with Crippen molar-refractivity contribution in [2.75, 3.05) is 0 Å². The molecule has 1 atom stereocenters. The number of carboxylic acids is 1. The van der Waals surface area contributed by atoms with E-state index in [2.05, 4.69) is 5.32 Å². The van der Waals surface area contributed by atoms with Crippen LogP contribution in [-0.2, 0) is 9.59 Å². The van der Waals surface area contributed by atoms with Gasteiger partial charge in [0.05, 0.1) is 12.5 Å². The minimum Gasteiger partial charge on any atom is -0.481 e. The number of hydrogen-bond acceptors (Lipinski definition) is 3. The predicted octanol–water partition coefficient (Wildman–Crippen LogP) is 1.24. The van der Waals surface area contributed by atoms with Gasteiger partial charge >= 0.3 is 5.97 Å². The van der Waals surface area contributed by atoms with Gasteiger partial charge in [0.15, 0.2) is 0 Å². The van der Waals surface area contributed by atoms with E-state index in [4.69, 9.17) is 9.52 Å². The number of aryl methyl sites for hydroxylation is 1. The highest BCUT2D eigenvalue weighted by atomic mass is 16.4. The number of furan rings is 1. The summed E-state index contributed by atoms with van der Waals surface area (Å²) in [5, 5.41) is 11.2. The molecule has 82 valence electrons. The van der Waals surface area contributed by atoms with Crippen molar-refractivity contribution in [3.63, 3.8) is 0 Å². The maximum Gasteiger partial charge on any atom is 0.305 e. The van der Waals surface area contributed by atoms with Crippen LogP contribution in [-0.4, -0.2) is 17.0 Å². The summed E-state index contributed by atoms with van der Waals surface area (Å²) in [4.78, 5) is 21.4. The Balaban J connectivity index is 2.80. The Morgan fingerprint density at radius 3 is 2.60 bits per heavy atom. The molecule has 2 N–H and O–H groups in total. The molecule has 5 heteroatoms. The second-order valence-electron chi connectivity index (χ2n) is 3.30. The summed E-state index contributed by atoms with van der Waals surface area (Å²) in [5.74, 6) is -0.117. The molecule has 0 fully saturated rings. The van der Waals surface area contributed by atoms with Crippen LogP contribution in [0.1, 0.15) is 30.9 Å². The summed E-state index contributed by atoms with van der Waals surface area (Å²) >= 11 is 0. The van der Waals surface area contributed by atoms with E-state index in [-0.39, 0.29) is 12.3 Å². The number of carboxylic acid groups (broad SMARTS) is 1. The molecule has 0 aromatic carbocycles. The maximum atomic E-state index is 10.9. The molecule has 0 unspecified atom stereocenters. The largest absolute Gasteiger partial charge is 0.481 e. The van der Waals surface area contributed by atoms with Gasteiger partial charge in [0, 0.05) is 6.92 Å². The van der Waals surface area contributed by atoms with Crippen LogP contribution in [0.15, 0.2) is 16.5 Å². The summed E-state index contributed by atoms with van der Waals surface area (Å²) in [6, 6.07) is 2.79. The average Bonchev–Trinajstić information content (AvgIpc) is 2.48. The lowest BCUT2D eigenvalue weighted by molar-refractivity contribution is -0.137. The van der Waals surface area contributed by atoms with Gasteiger partial charge in [-0.1, -0.05) is 0 Å². The van der Waals surface area contributed by atoms with E-state index in [1.807, 2.05) is 0 Å². The first-order chi connectivity index (χ1) is 6.99. The molecule has 15 heavy (non-hydrogen) atoms. The Morgan fingerprint density at radius 2 is 2.20 bits per heavy atom. The van der Waals surface area contributed by atoms with Gasteiger partial charge in [-0.2, -0.15) is 0 Å². The van der Waals surface area contributed by atoms with Crippen molar-refractivity contribution >= 4 is 11.9 Å². The predicted molar refractivity (Wildman–Crippen MR) is 52.3 cm³/mol. The molecule has 0 aliphatic heterocycles. The standard InChI is InChI=1S/C10H13NO4/c1-6-3-4-9(15-6)8(5-10(13)14)11-7(2)12/h3-4,8H,5H2,1-2H3,(H,11,12)(H,13,14)/t8-/m1/s1. The Hall–Kier alpha value is -1.78. The normalized spacial score (nSPS) is 12.1. The maximum absolute atomic E-state index is 10.9. The van der Waals surface area contributed by atoms with E-state index < -0.39 is 12.0 Å². The zero-order valence-corrected chi connectivity index (χ0v) is 8.61. The molecule has 0 spiro atoms. The first-order valence-corrected chi connectivity index (χ1v) is 4.54. The summed E-state index contributed by atoms with van der Waals surface area (Å²) in [6.45, 7) is 3.10. The molecule has 0 aliphatic rings. The minimum atomic E-state index is -0.984. The smallest absolute Gasteiger partial charge is 0.305 e. The van der Waals surface area contributed by atoms with Crippen molar-refractivity contribution in [2.24, 2.45) is 0 Å². The molecule has 1 aromatic rings. The Labute approximate surface area is 87.1 Å². The second kappa shape index (κ2) is 4.63. The van der Waals surface area contributed by atoms with Gasteiger partial charge < -0.3 is 14.8 Å². The molecule has 0 radical (unpaired) electrons. The Kier molecular flexibility index (Phi) is 3.49. The number of hydrogen-bond donors (Lipinski definition) is 2. The van der Waals surface area contributed by atoms with Gasteiger partial charge in [0.1, 0.15) is 11.5 Å². The van der Waals surface area contributed by atoms with Crippen LogP contribution >= 0.6 is 0 Å². The Morgan fingerprint density at radius 1 is 1.53 bits per heavy atom. The summed E-state index contributed by atoms with van der Waals surface area (Å²) in [6.07, 6.45) is -0.188. The molecule has 1 heterocycles. The van der Waals surface area contributed by atoms with Crippen molar-refractivity contribution in [3.8, 4) is 0 Å². The number of nitrogens with one attached hydrogen (secondary N) is 1. The fraction of sp³-hybridized carbons (Fsp3) is 0.400. The van der Waals surface area contributed by atoms with Crippen molar-refractivity contribution in [1.82, 2.24) is 5.32 Å². The number of carbonyl (C=O) groups is 2.